The number of anilines is 1. The highest BCUT2D eigenvalue weighted by atomic mass is 32.2. The van der Waals surface area contributed by atoms with E-state index in [0.29, 0.717) is 17.0 Å². The molecule has 2 aromatic rings. The number of aryl methyl sites for hydroxylation is 2. The summed E-state index contributed by atoms with van der Waals surface area (Å²) >= 11 is 0. The Bertz CT molecular complexity index is 635. The highest BCUT2D eigenvalue weighted by molar-refractivity contribution is 7.83. The first kappa shape index (κ1) is 14.7. The molecule has 0 aliphatic rings. The van der Waals surface area contributed by atoms with Crippen LogP contribution in [-0.2, 0) is 22.3 Å². The van der Waals surface area contributed by atoms with Gasteiger partial charge in [-0.1, -0.05) is 29.3 Å². The van der Waals surface area contributed by atoms with Gasteiger partial charge in [0, 0.05) is 22.2 Å². The molecule has 1 atom stereocenters. The molecule has 0 aromatic heterocycles. The number of rotatable bonds is 4. The third kappa shape index (κ3) is 3.90. The van der Waals surface area contributed by atoms with Crippen LogP contribution in [0.3, 0.4) is 0 Å². The Morgan fingerprint density at radius 3 is 2.35 bits per heavy atom. The fraction of sp³-hybridized carbons (Fsp3) is 0.250. The van der Waals surface area contributed by atoms with E-state index in [1.165, 1.54) is 18.2 Å². The number of hydrogen-bond donors (Lipinski definition) is 1. The molecule has 0 bridgehead atoms. The van der Waals surface area contributed by atoms with Crippen molar-refractivity contribution in [2.45, 2.75) is 25.4 Å². The maximum Gasteiger partial charge on any atom is 0.123 e. The van der Waals surface area contributed by atoms with Crippen LogP contribution in [-0.4, -0.2) is 4.21 Å². The second-order valence-corrected chi connectivity index (χ2v) is 6.52. The van der Waals surface area contributed by atoms with Crippen LogP contribution in [0, 0.1) is 19.7 Å². The minimum atomic E-state index is -1.10. The Morgan fingerprint density at radius 1 is 1.05 bits per heavy atom. The second-order valence-electron chi connectivity index (χ2n) is 5.07. The van der Waals surface area contributed by atoms with E-state index in [-0.39, 0.29) is 11.6 Å². The lowest BCUT2D eigenvalue weighted by molar-refractivity contribution is 0.626. The molecule has 0 amide bonds. The molecule has 20 heavy (non-hydrogen) atoms. The summed E-state index contributed by atoms with van der Waals surface area (Å²) in [5, 5.41) is 0. The molecule has 0 aliphatic heterocycles. The minimum absolute atomic E-state index is 0.274. The molecule has 0 saturated carbocycles. The molecule has 4 heteroatoms. The van der Waals surface area contributed by atoms with Gasteiger partial charge >= 0.3 is 0 Å². The predicted octanol–water partition coefficient (Wildman–Crippen LogP) is 3.47. The molecule has 2 aromatic carbocycles. The molecular formula is C16H18FNOS. The lowest BCUT2D eigenvalue weighted by atomic mass is 10.1. The summed E-state index contributed by atoms with van der Waals surface area (Å²) in [5.74, 6) is 0.382. The summed E-state index contributed by atoms with van der Waals surface area (Å²) in [4.78, 5) is 0. The van der Waals surface area contributed by atoms with Gasteiger partial charge in [-0.05, 0) is 43.2 Å². The van der Waals surface area contributed by atoms with Crippen molar-refractivity contribution < 1.29 is 8.60 Å². The first-order chi connectivity index (χ1) is 9.44. The van der Waals surface area contributed by atoms with E-state index in [0.717, 1.165) is 16.7 Å². The summed E-state index contributed by atoms with van der Waals surface area (Å²) in [6.07, 6.45) is 0. The molecule has 0 saturated heterocycles. The van der Waals surface area contributed by atoms with Gasteiger partial charge in [0.25, 0.3) is 0 Å². The number of benzene rings is 2. The highest BCUT2D eigenvalue weighted by Crippen LogP contribution is 2.18. The van der Waals surface area contributed by atoms with Crippen LogP contribution in [0.25, 0.3) is 0 Å². The van der Waals surface area contributed by atoms with E-state index in [1.54, 1.807) is 0 Å². The molecule has 2 nitrogen and oxygen atoms in total. The van der Waals surface area contributed by atoms with Crippen molar-refractivity contribution in [2.24, 2.45) is 0 Å². The van der Waals surface area contributed by atoms with Crippen molar-refractivity contribution in [2.75, 3.05) is 5.73 Å². The third-order valence-electron chi connectivity index (χ3n) is 3.03. The average molecular weight is 291 g/mol. The van der Waals surface area contributed by atoms with Crippen LogP contribution < -0.4 is 5.73 Å². The summed E-state index contributed by atoms with van der Waals surface area (Å²) in [7, 11) is -1.10. The van der Waals surface area contributed by atoms with Gasteiger partial charge in [-0.2, -0.15) is 0 Å². The highest BCUT2D eigenvalue weighted by Gasteiger charge is 2.08. The van der Waals surface area contributed by atoms with Gasteiger partial charge in [0.2, 0.25) is 0 Å². The fourth-order valence-electron chi connectivity index (χ4n) is 2.26. The van der Waals surface area contributed by atoms with Crippen molar-refractivity contribution >= 4 is 16.5 Å². The maximum atomic E-state index is 13.2. The molecule has 0 heterocycles. The average Bonchev–Trinajstić information content (AvgIpc) is 2.32. The Morgan fingerprint density at radius 2 is 1.70 bits per heavy atom. The topological polar surface area (TPSA) is 43.1 Å². The molecule has 0 aliphatic carbocycles. The van der Waals surface area contributed by atoms with Gasteiger partial charge in [-0.3, -0.25) is 4.21 Å². The molecule has 1 unspecified atom stereocenters. The monoisotopic (exact) mass is 291 g/mol. The smallest absolute Gasteiger partial charge is 0.123 e. The largest absolute Gasteiger partial charge is 0.398 e. The van der Waals surface area contributed by atoms with Gasteiger partial charge in [-0.25, -0.2) is 4.39 Å². The maximum absolute atomic E-state index is 13.2. The van der Waals surface area contributed by atoms with Gasteiger partial charge in [0.15, 0.2) is 0 Å². The summed E-state index contributed by atoms with van der Waals surface area (Å²) in [6.45, 7) is 4.04. The minimum Gasteiger partial charge on any atom is -0.398 e. The van der Waals surface area contributed by atoms with Crippen molar-refractivity contribution in [3.63, 3.8) is 0 Å². The zero-order valence-electron chi connectivity index (χ0n) is 11.7. The van der Waals surface area contributed by atoms with Gasteiger partial charge in [0.1, 0.15) is 5.82 Å². The number of halogens is 1. The molecule has 2 rings (SSSR count). The van der Waals surface area contributed by atoms with E-state index in [4.69, 9.17) is 5.73 Å². The lowest BCUT2D eigenvalue weighted by Crippen LogP contribution is -2.03. The van der Waals surface area contributed by atoms with Crippen molar-refractivity contribution in [3.05, 3.63) is 64.5 Å². The SMILES string of the molecule is Cc1cc(C)cc(CS(=O)Cc2cc(F)ccc2N)c1. The van der Waals surface area contributed by atoms with Crippen molar-refractivity contribution in [1.82, 2.24) is 0 Å². The second kappa shape index (κ2) is 6.18. The standard InChI is InChI=1S/C16H18FNOS/c1-11-5-12(2)7-13(6-11)9-20(19)10-14-8-15(17)3-4-16(14)18/h3-8H,9-10,18H2,1-2H3. The quantitative estimate of drug-likeness (QED) is 0.876. The molecule has 2 N–H and O–H groups in total. The van der Waals surface area contributed by atoms with Crippen LogP contribution in [0.1, 0.15) is 22.3 Å². The number of nitrogen functional groups attached to an aromatic ring is 1. The zero-order valence-corrected chi connectivity index (χ0v) is 12.5. The van der Waals surface area contributed by atoms with Crippen LogP contribution in [0.4, 0.5) is 10.1 Å². The number of hydrogen-bond acceptors (Lipinski definition) is 2. The third-order valence-corrected chi connectivity index (χ3v) is 4.32. The van der Waals surface area contributed by atoms with Crippen LogP contribution in [0.15, 0.2) is 36.4 Å². The molecule has 0 radical (unpaired) electrons. The van der Waals surface area contributed by atoms with Crippen molar-refractivity contribution in [1.29, 1.82) is 0 Å². The Balaban J connectivity index is 2.11. The first-order valence-electron chi connectivity index (χ1n) is 6.40. The number of nitrogens with two attached hydrogens (primary N) is 1. The normalized spacial score (nSPS) is 12.3. The van der Waals surface area contributed by atoms with Gasteiger partial charge < -0.3 is 5.73 Å². The Hall–Kier alpha value is -1.68. The van der Waals surface area contributed by atoms with Crippen molar-refractivity contribution in [3.8, 4) is 0 Å². The summed E-state index contributed by atoms with van der Waals surface area (Å²) in [6, 6.07) is 10.3. The molecule has 0 spiro atoms. The van der Waals surface area contributed by atoms with Gasteiger partial charge in [-0.15, -0.1) is 0 Å². The van der Waals surface area contributed by atoms with E-state index in [2.05, 4.69) is 6.07 Å². The lowest BCUT2D eigenvalue weighted by Gasteiger charge is -2.08. The molecule has 0 fully saturated rings. The molecular weight excluding hydrogens is 273 g/mol. The van der Waals surface area contributed by atoms with Crippen LogP contribution in [0.5, 0.6) is 0 Å². The van der Waals surface area contributed by atoms with E-state index >= 15 is 0 Å². The molecule has 106 valence electrons. The Labute approximate surface area is 121 Å². The summed E-state index contributed by atoms with van der Waals surface area (Å²) < 4.78 is 25.4. The first-order valence-corrected chi connectivity index (χ1v) is 7.89. The van der Waals surface area contributed by atoms with Crippen LogP contribution >= 0.6 is 0 Å². The van der Waals surface area contributed by atoms with E-state index < -0.39 is 10.8 Å². The zero-order chi connectivity index (χ0) is 14.7. The fourth-order valence-corrected chi connectivity index (χ4v) is 3.50. The van der Waals surface area contributed by atoms with E-state index in [1.807, 2.05) is 26.0 Å². The van der Waals surface area contributed by atoms with Gasteiger partial charge in [0.05, 0.1) is 5.75 Å². The summed E-state index contributed by atoms with van der Waals surface area (Å²) in [5.41, 5.74) is 10.2. The van der Waals surface area contributed by atoms with Crippen LogP contribution in [0.2, 0.25) is 0 Å². The van der Waals surface area contributed by atoms with E-state index in [9.17, 15) is 8.60 Å². The predicted molar refractivity (Wildman–Crippen MR) is 82.3 cm³/mol. The Kier molecular flexibility index (Phi) is 4.55.